The van der Waals surface area contributed by atoms with Gasteiger partial charge in [0, 0.05) is 11.1 Å². The van der Waals surface area contributed by atoms with Crippen LogP contribution in [0.5, 0.6) is 0 Å². The third-order valence-corrected chi connectivity index (χ3v) is 2.57. The first-order chi connectivity index (χ1) is 9.10. The Labute approximate surface area is 113 Å². The molecule has 0 amide bonds. The van der Waals surface area contributed by atoms with Gasteiger partial charge < -0.3 is 14.9 Å². The van der Waals surface area contributed by atoms with Crippen LogP contribution in [0.4, 0.5) is 5.69 Å². The highest BCUT2D eigenvalue weighted by Gasteiger charge is 2.11. The lowest BCUT2D eigenvalue weighted by atomic mass is 10.2. The first-order valence-corrected chi connectivity index (χ1v) is 5.60. The molecular weight excluding hydrogens is 270 g/mol. The summed E-state index contributed by atoms with van der Waals surface area (Å²) in [5.41, 5.74) is 0.814. The van der Waals surface area contributed by atoms with Gasteiger partial charge in [0.15, 0.2) is 11.5 Å². The summed E-state index contributed by atoms with van der Waals surface area (Å²) in [6, 6.07) is 8.14. The van der Waals surface area contributed by atoms with Crippen LogP contribution < -0.4 is 5.32 Å². The van der Waals surface area contributed by atoms with Crippen molar-refractivity contribution in [3.63, 3.8) is 0 Å². The number of aromatic nitrogens is 1. The lowest BCUT2D eigenvalue weighted by Crippen LogP contribution is -2.00. The Balaban J connectivity index is 2.12. The molecule has 0 radical (unpaired) electrons. The summed E-state index contributed by atoms with van der Waals surface area (Å²) in [4.78, 5) is 10.6. The number of halogens is 1. The molecule has 2 rings (SSSR count). The minimum absolute atomic E-state index is 0.164. The van der Waals surface area contributed by atoms with E-state index in [2.05, 4.69) is 10.5 Å². The molecule has 1 aromatic heterocycles. The molecular formula is C12H8ClN3O3. The van der Waals surface area contributed by atoms with Crippen molar-refractivity contribution in [1.82, 2.24) is 5.16 Å². The summed E-state index contributed by atoms with van der Waals surface area (Å²) in [6.07, 6.45) is 0. The molecule has 19 heavy (non-hydrogen) atoms. The molecule has 0 aliphatic rings. The van der Waals surface area contributed by atoms with E-state index in [1.807, 2.05) is 6.07 Å². The molecule has 1 aromatic carbocycles. The maximum absolute atomic E-state index is 10.6. The zero-order chi connectivity index (χ0) is 13.8. The van der Waals surface area contributed by atoms with Gasteiger partial charge in [-0.15, -0.1) is 0 Å². The van der Waals surface area contributed by atoms with Crippen LogP contribution in [0.2, 0.25) is 5.02 Å². The second-order valence-electron chi connectivity index (χ2n) is 3.64. The average Bonchev–Trinajstić information content (AvgIpc) is 2.85. The van der Waals surface area contributed by atoms with Gasteiger partial charge in [-0.2, -0.15) is 5.26 Å². The van der Waals surface area contributed by atoms with Crippen molar-refractivity contribution in [3.8, 4) is 6.07 Å². The number of rotatable bonds is 4. The highest BCUT2D eigenvalue weighted by Crippen LogP contribution is 2.21. The van der Waals surface area contributed by atoms with Crippen LogP contribution in [0.3, 0.4) is 0 Å². The van der Waals surface area contributed by atoms with Crippen molar-refractivity contribution >= 4 is 23.3 Å². The molecule has 0 fully saturated rings. The number of nitriles is 1. The predicted octanol–water partition coefficient (Wildman–Crippen LogP) is 2.51. The number of carbonyl (C=O) groups is 1. The standard InChI is InChI=1S/C12H8ClN3O3/c13-8-2-1-7(5-14)10(3-8)15-6-9-4-11(12(17)18)16-19-9/h1-4,15H,6H2,(H,17,18). The maximum atomic E-state index is 10.6. The number of hydrogen-bond donors (Lipinski definition) is 2. The smallest absolute Gasteiger partial charge is 0.358 e. The number of aromatic carboxylic acids is 1. The van der Waals surface area contributed by atoms with E-state index in [9.17, 15) is 4.79 Å². The molecule has 0 saturated heterocycles. The number of nitrogens with one attached hydrogen (secondary N) is 1. The molecule has 0 spiro atoms. The minimum Gasteiger partial charge on any atom is -0.476 e. The van der Waals surface area contributed by atoms with Gasteiger partial charge in [0.05, 0.1) is 17.8 Å². The predicted molar refractivity (Wildman–Crippen MR) is 67.0 cm³/mol. The summed E-state index contributed by atoms with van der Waals surface area (Å²) in [5, 5.41) is 24.4. The number of carboxylic acid groups (broad SMARTS) is 1. The van der Waals surface area contributed by atoms with Gasteiger partial charge in [-0.05, 0) is 18.2 Å². The van der Waals surface area contributed by atoms with E-state index in [-0.39, 0.29) is 12.2 Å². The summed E-state index contributed by atoms with van der Waals surface area (Å²) in [5.74, 6) is -0.809. The largest absolute Gasteiger partial charge is 0.476 e. The first-order valence-electron chi connectivity index (χ1n) is 5.22. The van der Waals surface area contributed by atoms with Gasteiger partial charge in [-0.1, -0.05) is 16.8 Å². The van der Waals surface area contributed by atoms with Crippen molar-refractivity contribution in [2.24, 2.45) is 0 Å². The molecule has 0 aliphatic carbocycles. The van der Waals surface area contributed by atoms with Crippen molar-refractivity contribution < 1.29 is 14.4 Å². The topological polar surface area (TPSA) is 99.2 Å². The Bertz CT molecular complexity index is 660. The van der Waals surface area contributed by atoms with Crippen LogP contribution in [0.25, 0.3) is 0 Å². The normalized spacial score (nSPS) is 9.89. The molecule has 2 aromatic rings. The SMILES string of the molecule is N#Cc1ccc(Cl)cc1NCc1cc(C(=O)O)no1. The van der Waals surface area contributed by atoms with Crippen LogP contribution in [0, 0.1) is 11.3 Å². The van der Waals surface area contributed by atoms with Crippen molar-refractivity contribution in [2.75, 3.05) is 5.32 Å². The van der Waals surface area contributed by atoms with Gasteiger partial charge in [0.2, 0.25) is 0 Å². The van der Waals surface area contributed by atoms with Crippen LogP contribution in [0.15, 0.2) is 28.8 Å². The number of benzene rings is 1. The van der Waals surface area contributed by atoms with Crippen LogP contribution in [0.1, 0.15) is 21.8 Å². The van der Waals surface area contributed by atoms with E-state index in [4.69, 9.17) is 26.5 Å². The third kappa shape index (κ3) is 3.03. The molecule has 0 atom stereocenters. The summed E-state index contributed by atoms with van der Waals surface area (Å²) in [6.45, 7) is 0.204. The fourth-order valence-corrected chi connectivity index (χ4v) is 1.61. The number of hydrogen-bond acceptors (Lipinski definition) is 5. The number of carboxylic acids is 1. The third-order valence-electron chi connectivity index (χ3n) is 2.33. The zero-order valence-corrected chi connectivity index (χ0v) is 10.3. The summed E-state index contributed by atoms with van der Waals surface area (Å²) < 4.78 is 4.84. The number of nitrogens with zero attached hydrogens (tertiary/aromatic N) is 2. The van der Waals surface area contributed by atoms with Gasteiger partial charge >= 0.3 is 5.97 Å². The highest BCUT2D eigenvalue weighted by molar-refractivity contribution is 6.30. The Morgan fingerprint density at radius 3 is 2.95 bits per heavy atom. The molecule has 2 N–H and O–H groups in total. The second-order valence-corrected chi connectivity index (χ2v) is 4.08. The lowest BCUT2D eigenvalue weighted by molar-refractivity contribution is 0.0685. The molecule has 0 unspecified atom stereocenters. The lowest BCUT2D eigenvalue weighted by Gasteiger charge is -2.06. The van der Waals surface area contributed by atoms with Crippen LogP contribution >= 0.6 is 11.6 Å². The van der Waals surface area contributed by atoms with E-state index in [1.165, 1.54) is 6.07 Å². The molecule has 0 saturated carbocycles. The zero-order valence-electron chi connectivity index (χ0n) is 9.55. The number of anilines is 1. The van der Waals surface area contributed by atoms with Crippen LogP contribution in [-0.2, 0) is 6.54 Å². The first kappa shape index (κ1) is 12.9. The minimum atomic E-state index is -1.16. The van der Waals surface area contributed by atoms with Crippen molar-refractivity contribution in [2.45, 2.75) is 6.54 Å². The van der Waals surface area contributed by atoms with E-state index < -0.39 is 5.97 Å². The Morgan fingerprint density at radius 2 is 2.32 bits per heavy atom. The molecule has 7 heteroatoms. The highest BCUT2D eigenvalue weighted by atomic mass is 35.5. The van der Waals surface area contributed by atoms with Gasteiger partial charge in [0.25, 0.3) is 0 Å². The fourth-order valence-electron chi connectivity index (χ4n) is 1.44. The average molecular weight is 278 g/mol. The monoisotopic (exact) mass is 277 g/mol. The molecule has 0 bridgehead atoms. The van der Waals surface area contributed by atoms with Crippen LogP contribution in [-0.4, -0.2) is 16.2 Å². The van der Waals surface area contributed by atoms with Crippen molar-refractivity contribution in [1.29, 1.82) is 5.26 Å². The molecule has 1 heterocycles. The quantitative estimate of drug-likeness (QED) is 0.891. The van der Waals surface area contributed by atoms with Gasteiger partial charge in [-0.3, -0.25) is 0 Å². The molecule has 96 valence electrons. The Hall–Kier alpha value is -2.52. The Kier molecular flexibility index (Phi) is 3.68. The molecule has 0 aliphatic heterocycles. The van der Waals surface area contributed by atoms with E-state index >= 15 is 0 Å². The second kappa shape index (κ2) is 5.42. The van der Waals surface area contributed by atoms with E-state index in [0.29, 0.717) is 22.0 Å². The van der Waals surface area contributed by atoms with Gasteiger partial charge in [-0.25, -0.2) is 4.79 Å². The van der Waals surface area contributed by atoms with Crippen molar-refractivity contribution in [3.05, 3.63) is 46.3 Å². The molecule has 6 nitrogen and oxygen atoms in total. The van der Waals surface area contributed by atoms with Gasteiger partial charge in [0.1, 0.15) is 6.07 Å². The fraction of sp³-hybridized carbons (Fsp3) is 0.0833. The maximum Gasteiger partial charge on any atom is 0.358 e. The summed E-state index contributed by atoms with van der Waals surface area (Å²) >= 11 is 5.84. The Morgan fingerprint density at radius 1 is 1.53 bits per heavy atom. The summed E-state index contributed by atoms with van der Waals surface area (Å²) in [7, 11) is 0. The van der Waals surface area contributed by atoms with E-state index in [0.717, 1.165) is 0 Å². The van der Waals surface area contributed by atoms with E-state index in [1.54, 1.807) is 18.2 Å².